The third-order valence-corrected chi connectivity index (χ3v) is 4.04. The van der Waals surface area contributed by atoms with Gasteiger partial charge in [-0.15, -0.1) is 0 Å². The summed E-state index contributed by atoms with van der Waals surface area (Å²) < 4.78 is 11.5. The summed E-state index contributed by atoms with van der Waals surface area (Å²) >= 11 is 0. The summed E-state index contributed by atoms with van der Waals surface area (Å²) in [6, 6.07) is 16.0. The van der Waals surface area contributed by atoms with Gasteiger partial charge in [-0.1, -0.05) is 43.3 Å². The molecule has 0 aliphatic heterocycles. The fourth-order valence-electron chi connectivity index (χ4n) is 2.90. The van der Waals surface area contributed by atoms with Crippen LogP contribution in [0.15, 0.2) is 52.9 Å². The first-order chi connectivity index (χ1) is 11.8. The van der Waals surface area contributed by atoms with Crippen molar-refractivity contribution in [1.29, 1.82) is 0 Å². The summed E-state index contributed by atoms with van der Waals surface area (Å²) in [6.07, 6.45) is 0.877. The van der Waals surface area contributed by atoms with E-state index in [9.17, 15) is 0 Å². The van der Waals surface area contributed by atoms with Gasteiger partial charge in [0.15, 0.2) is 0 Å². The van der Waals surface area contributed by atoms with Crippen molar-refractivity contribution in [3.63, 3.8) is 0 Å². The molecule has 3 aromatic rings. The molecule has 0 aliphatic carbocycles. The van der Waals surface area contributed by atoms with Crippen molar-refractivity contribution in [2.45, 2.75) is 26.4 Å². The minimum absolute atomic E-state index is 0.0165. The monoisotopic (exact) mass is 325 g/mol. The van der Waals surface area contributed by atoms with E-state index >= 15 is 0 Å². The highest BCUT2D eigenvalue weighted by Gasteiger charge is 2.12. The topological polar surface area (TPSA) is 54.6 Å². The van der Waals surface area contributed by atoms with Crippen molar-refractivity contribution in [1.82, 2.24) is 5.32 Å². The lowest BCUT2D eigenvalue weighted by atomic mass is 10.1. The second kappa shape index (κ2) is 7.99. The third-order valence-electron chi connectivity index (χ3n) is 4.04. The molecule has 2 N–H and O–H groups in total. The van der Waals surface area contributed by atoms with Crippen LogP contribution in [-0.4, -0.2) is 18.3 Å². The van der Waals surface area contributed by atoms with E-state index in [-0.39, 0.29) is 6.61 Å². The third kappa shape index (κ3) is 3.61. The number of aliphatic hydroxyl groups excluding tert-OH is 1. The van der Waals surface area contributed by atoms with Crippen LogP contribution >= 0.6 is 0 Å². The number of aliphatic hydroxyl groups is 1. The van der Waals surface area contributed by atoms with E-state index in [1.54, 1.807) is 0 Å². The Morgan fingerprint density at radius 3 is 2.67 bits per heavy atom. The van der Waals surface area contributed by atoms with Gasteiger partial charge in [0.25, 0.3) is 0 Å². The second-order valence-electron chi connectivity index (χ2n) is 5.64. The predicted octanol–water partition coefficient (Wildman–Crippen LogP) is 3.66. The number of nitrogens with one attached hydrogen (secondary N) is 1. The van der Waals surface area contributed by atoms with Gasteiger partial charge in [-0.3, -0.25) is 0 Å². The predicted molar refractivity (Wildman–Crippen MR) is 95.2 cm³/mol. The molecule has 1 heterocycles. The van der Waals surface area contributed by atoms with Gasteiger partial charge in [-0.2, -0.15) is 0 Å². The molecule has 2 aromatic carbocycles. The average Bonchev–Trinajstić information content (AvgIpc) is 2.99. The minimum Gasteiger partial charge on any atom is -0.491 e. The van der Waals surface area contributed by atoms with Gasteiger partial charge in [-0.05, 0) is 12.1 Å². The van der Waals surface area contributed by atoms with Crippen molar-refractivity contribution < 1.29 is 14.3 Å². The van der Waals surface area contributed by atoms with Crippen LogP contribution in [0.3, 0.4) is 0 Å². The van der Waals surface area contributed by atoms with Gasteiger partial charge in [-0.25, -0.2) is 0 Å². The van der Waals surface area contributed by atoms with E-state index in [0.717, 1.165) is 35.6 Å². The molecule has 0 fully saturated rings. The molecule has 0 saturated heterocycles. The lowest BCUT2D eigenvalue weighted by molar-refractivity contribution is 0.200. The van der Waals surface area contributed by atoms with Gasteiger partial charge >= 0.3 is 0 Å². The standard InChI is InChI=1S/C20H23NO3/c1-2-18-17(16-8-4-6-10-20(16)24-18)14-21-13-15-7-3-5-9-19(15)23-12-11-22/h3-10,21-22H,2,11-14H2,1H3. The van der Waals surface area contributed by atoms with Gasteiger partial charge in [0.2, 0.25) is 0 Å². The van der Waals surface area contributed by atoms with Crippen molar-refractivity contribution in [2.75, 3.05) is 13.2 Å². The molecule has 0 saturated carbocycles. The molecule has 1 aromatic heterocycles. The Balaban J connectivity index is 1.71. The SMILES string of the molecule is CCc1oc2ccccc2c1CNCc1ccccc1OCCO. The van der Waals surface area contributed by atoms with E-state index in [4.69, 9.17) is 14.3 Å². The van der Waals surface area contributed by atoms with Crippen LogP contribution in [0.25, 0.3) is 11.0 Å². The van der Waals surface area contributed by atoms with Crippen LogP contribution in [-0.2, 0) is 19.5 Å². The molecule has 0 atom stereocenters. The molecule has 4 nitrogen and oxygen atoms in total. The zero-order valence-corrected chi connectivity index (χ0v) is 13.9. The summed E-state index contributed by atoms with van der Waals surface area (Å²) in [6.45, 7) is 3.88. The van der Waals surface area contributed by atoms with Crippen LogP contribution in [0.4, 0.5) is 0 Å². The Bertz CT molecular complexity index is 794. The Morgan fingerprint density at radius 2 is 1.83 bits per heavy atom. The highest BCUT2D eigenvalue weighted by molar-refractivity contribution is 5.82. The maximum absolute atomic E-state index is 8.93. The molecule has 4 heteroatoms. The summed E-state index contributed by atoms with van der Waals surface area (Å²) in [5.74, 6) is 1.85. The summed E-state index contributed by atoms with van der Waals surface area (Å²) in [7, 11) is 0. The van der Waals surface area contributed by atoms with Crippen molar-refractivity contribution in [2.24, 2.45) is 0 Å². The summed E-state index contributed by atoms with van der Waals surface area (Å²) in [5.41, 5.74) is 3.25. The Morgan fingerprint density at radius 1 is 1.04 bits per heavy atom. The number of rotatable bonds is 8. The number of fused-ring (bicyclic) bond motifs is 1. The lowest BCUT2D eigenvalue weighted by Gasteiger charge is -2.11. The second-order valence-corrected chi connectivity index (χ2v) is 5.64. The first kappa shape index (κ1) is 16.6. The van der Waals surface area contributed by atoms with Crippen LogP contribution in [0, 0.1) is 0 Å². The maximum Gasteiger partial charge on any atom is 0.134 e. The van der Waals surface area contributed by atoms with Crippen LogP contribution in [0.1, 0.15) is 23.8 Å². The molecular weight excluding hydrogens is 302 g/mol. The number of ether oxygens (including phenoxy) is 1. The Labute approximate surface area is 142 Å². The van der Waals surface area contributed by atoms with Gasteiger partial charge in [0.1, 0.15) is 23.7 Å². The lowest BCUT2D eigenvalue weighted by Crippen LogP contribution is -2.14. The molecule has 0 unspecified atom stereocenters. The van der Waals surface area contributed by atoms with Gasteiger partial charge in [0.05, 0.1) is 6.61 Å². The molecule has 0 spiro atoms. The van der Waals surface area contributed by atoms with Crippen molar-refractivity contribution in [3.05, 3.63) is 65.4 Å². The molecule has 0 radical (unpaired) electrons. The smallest absolute Gasteiger partial charge is 0.134 e. The molecular formula is C20H23NO3. The molecule has 0 amide bonds. The highest BCUT2D eigenvalue weighted by atomic mass is 16.5. The van der Waals surface area contributed by atoms with E-state index in [0.29, 0.717) is 13.2 Å². The first-order valence-electron chi connectivity index (χ1n) is 8.35. The van der Waals surface area contributed by atoms with Crippen LogP contribution in [0.2, 0.25) is 0 Å². The molecule has 24 heavy (non-hydrogen) atoms. The summed E-state index contributed by atoms with van der Waals surface area (Å²) in [5, 5.41) is 13.6. The van der Waals surface area contributed by atoms with E-state index < -0.39 is 0 Å². The molecule has 0 aliphatic rings. The van der Waals surface area contributed by atoms with Gasteiger partial charge in [0, 0.05) is 36.0 Å². The Kier molecular flexibility index (Phi) is 5.51. The van der Waals surface area contributed by atoms with E-state index in [1.807, 2.05) is 42.5 Å². The fraction of sp³-hybridized carbons (Fsp3) is 0.300. The number of para-hydroxylation sites is 2. The molecule has 3 rings (SSSR count). The number of hydrogen-bond acceptors (Lipinski definition) is 4. The zero-order chi connectivity index (χ0) is 16.8. The highest BCUT2D eigenvalue weighted by Crippen LogP contribution is 2.26. The first-order valence-corrected chi connectivity index (χ1v) is 8.35. The average molecular weight is 325 g/mol. The van der Waals surface area contributed by atoms with Crippen LogP contribution in [0.5, 0.6) is 5.75 Å². The van der Waals surface area contributed by atoms with Crippen LogP contribution < -0.4 is 10.1 Å². The minimum atomic E-state index is 0.0165. The molecule has 0 bridgehead atoms. The normalized spacial score (nSPS) is 11.1. The van der Waals surface area contributed by atoms with E-state index in [2.05, 4.69) is 18.3 Å². The maximum atomic E-state index is 8.93. The van der Waals surface area contributed by atoms with Gasteiger partial charge < -0.3 is 19.6 Å². The fourth-order valence-corrected chi connectivity index (χ4v) is 2.90. The summed E-state index contributed by atoms with van der Waals surface area (Å²) in [4.78, 5) is 0. The zero-order valence-electron chi connectivity index (χ0n) is 13.9. The molecule has 126 valence electrons. The van der Waals surface area contributed by atoms with Crippen molar-refractivity contribution in [3.8, 4) is 5.75 Å². The van der Waals surface area contributed by atoms with Crippen molar-refractivity contribution >= 4 is 11.0 Å². The quantitative estimate of drug-likeness (QED) is 0.664. The Hall–Kier alpha value is -2.30. The number of aryl methyl sites for hydroxylation is 1. The van der Waals surface area contributed by atoms with E-state index in [1.165, 1.54) is 10.9 Å². The number of furan rings is 1. The number of benzene rings is 2. The largest absolute Gasteiger partial charge is 0.491 e. The number of hydrogen-bond donors (Lipinski definition) is 2.